The van der Waals surface area contributed by atoms with Crippen LogP contribution in [0.4, 0.5) is 0 Å². The van der Waals surface area contributed by atoms with E-state index in [-0.39, 0.29) is 0 Å². The molecule has 0 unspecified atom stereocenters. The molecule has 172 valence electrons. The van der Waals surface area contributed by atoms with Crippen molar-refractivity contribution >= 4 is 34.7 Å². The van der Waals surface area contributed by atoms with Crippen LogP contribution >= 0.6 is 23.5 Å². The molecule has 3 aromatic carbocycles. The van der Waals surface area contributed by atoms with Gasteiger partial charge in [0.05, 0.1) is 0 Å². The van der Waals surface area contributed by atoms with Crippen molar-refractivity contribution in [1.82, 2.24) is 9.80 Å². The molecule has 4 heteroatoms. The van der Waals surface area contributed by atoms with E-state index in [1.54, 1.807) is 0 Å². The summed E-state index contributed by atoms with van der Waals surface area (Å²) in [5.74, 6) is 2.13. The SMILES string of the molecule is CS/C(SCc1cccc(C(=C(N(C)C)N(C)C)c2ccccc2)c1)=C(\C)c1ccccc1. The summed E-state index contributed by atoms with van der Waals surface area (Å²) >= 11 is 3.75. The van der Waals surface area contributed by atoms with Crippen LogP contribution in [-0.2, 0) is 5.75 Å². The van der Waals surface area contributed by atoms with E-state index in [2.05, 4.69) is 136 Å². The van der Waals surface area contributed by atoms with Crippen LogP contribution < -0.4 is 0 Å². The molecule has 0 amide bonds. The van der Waals surface area contributed by atoms with E-state index in [4.69, 9.17) is 0 Å². The van der Waals surface area contributed by atoms with Crippen molar-refractivity contribution in [2.75, 3.05) is 34.4 Å². The van der Waals surface area contributed by atoms with Gasteiger partial charge in [0, 0.05) is 43.8 Å². The van der Waals surface area contributed by atoms with Gasteiger partial charge in [0.25, 0.3) is 0 Å². The van der Waals surface area contributed by atoms with E-state index < -0.39 is 0 Å². The standard InChI is InChI=1S/C29H34N2S2/c1-22(24-15-9-7-10-16-24)29(32-6)33-21-23-14-13-19-26(20-23)27(25-17-11-8-12-18-25)28(30(2)3)31(4)5/h7-20H,21H2,1-6H3/b29-22-. The van der Waals surface area contributed by atoms with Crippen LogP contribution in [0.3, 0.4) is 0 Å². The van der Waals surface area contributed by atoms with E-state index >= 15 is 0 Å². The molecule has 3 aromatic rings. The number of hydrogen-bond acceptors (Lipinski definition) is 4. The lowest BCUT2D eigenvalue weighted by Crippen LogP contribution is -2.26. The largest absolute Gasteiger partial charge is 0.364 e. The fourth-order valence-corrected chi connectivity index (χ4v) is 5.85. The van der Waals surface area contributed by atoms with E-state index in [0.29, 0.717) is 0 Å². The van der Waals surface area contributed by atoms with Gasteiger partial charge in [-0.15, -0.1) is 23.5 Å². The minimum Gasteiger partial charge on any atom is -0.364 e. The van der Waals surface area contributed by atoms with E-state index in [1.807, 2.05) is 23.5 Å². The number of allylic oxidation sites excluding steroid dienone is 1. The lowest BCUT2D eigenvalue weighted by molar-refractivity contribution is 0.346. The fourth-order valence-electron chi connectivity index (χ4n) is 3.97. The quantitative estimate of drug-likeness (QED) is 0.316. The van der Waals surface area contributed by atoms with E-state index in [1.165, 1.54) is 43.5 Å². The Morgan fingerprint density at radius 2 is 1.24 bits per heavy atom. The Labute approximate surface area is 208 Å². The summed E-state index contributed by atoms with van der Waals surface area (Å²) in [5, 5.41) is 0. The van der Waals surface area contributed by atoms with Crippen molar-refractivity contribution in [3.05, 3.63) is 117 Å². The summed E-state index contributed by atoms with van der Waals surface area (Å²) in [6.07, 6.45) is 2.17. The van der Waals surface area contributed by atoms with Crippen LogP contribution in [0.1, 0.15) is 29.2 Å². The van der Waals surface area contributed by atoms with Gasteiger partial charge in [-0.05, 0) is 41.0 Å². The highest BCUT2D eigenvalue weighted by Gasteiger charge is 2.16. The normalized spacial score (nSPS) is 11.6. The molecule has 0 spiro atoms. The van der Waals surface area contributed by atoms with Crippen LogP contribution in [0.2, 0.25) is 0 Å². The zero-order valence-electron chi connectivity index (χ0n) is 20.5. The molecule has 33 heavy (non-hydrogen) atoms. The Balaban J connectivity index is 1.96. The molecule has 0 aromatic heterocycles. The number of nitrogens with zero attached hydrogens (tertiary/aromatic N) is 2. The average Bonchev–Trinajstić information content (AvgIpc) is 2.83. The molecular weight excluding hydrogens is 440 g/mol. The highest BCUT2D eigenvalue weighted by molar-refractivity contribution is 8.21. The first-order valence-electron chi connectivity index (χ1n) is 11.1. The minimum absolute atomic E-state index is 0.940. The first kappa shape index (κ1) is 25.1. The predicted octanol–water partition coefficient (Wildman–Crippen LogP) is 7.51. The van der Waals surface area contributed by atoms with Gasteiger partial charge in [-0.25, -0.2) is 0 Å². The third-order valence-corrected chi connectivity index (χ3v) is 7.99. The predicted molar refractivity (Wildman–Crippen MR) is 150 cm³/mol. The third-order valence-electron chi connectivity index (χ3n) is 5.42. The zero-order valence-corrected chi connectivity index (χ0v) is 22.1. The number of thioether (sulfide) groups is 2. The lowest BCUT2D eigenvalue weighted by atomic mass is 9.96. The van der Waals surface area contributed by atoms with Crippen molar-refractivity contribution in [2.45, 2.75) is 12.7 Å². The maximum absolute atomic E-state index is 2.35. The van der Waals surface area contributed by atoms with Gasteiger partial charge in [-0.2, -0.15) is 0 Å². The van der Waals surface area contributed by atoms with E-state index in [9.17, 15) is 0 Å². The smallest absolute Gasteiger partial charge is 0.112 e. The van der Waals surface area contributed by atoms with Gasteiger partial charge in [0.1, 0.15) is 5.82 Å². The average molecular weight is 475 g/mol. The molecule has 2 nitrogen and oxygen atoms in total. The maximum Gasteiger partial charge on any atom is 0.112 e. The second-order valence-electron chi connectivity index (χ2n) is 8.33. The second-order valence-corrected chi connectivity index (χ2v) is 10.4. The van der Waals surface area contributed by atoms with Gasteiger partial charge in [-0.3, -0.25) is 0 Å². The molecule has 0 aliphatic heterocycles. The second kappa shape index (κ2) is 12.1. The van der Waals surface area contributed by atoms with E-state index in [0.717, 1.165) is 5.75 Å². The third kappa shape index (κ3) is 6.49. The van der Waals surface area contributed by atoms with Gasteiger partial charge in [-0.1, -0.05) is 84.9 Å². The molecule has 0 saturated heterocycles. The molecule has 0 radical (unpaired) electrons. The topological polar surface area (TPSA) is 6.48 Å². The number of benzene rings is 3. The van der Waals surface area contributed by atoms with Crippen molar-refractivity contribution in [3.63, 3.8) is 0 Å². The van der Waals surface area contributed by atoms with Crippen molar-refractivity contribution in [3.8, 4) is 0 Å². The minimum atomic E-state index is 0.940. The van der Waals surface area contributed by atoms with Crippen LogP contribution in [0.25, 0.3) is 11.1 Å². The van der Waals surface area contributed by atoms with Crippen LogP contribution in [-0.4, -0.2) is 44.2 Å². The van der Waals surface area contributed by atoms with Gasteiger partial charge < -0.3 is 9.80 Å². The van der Waals surface area contributed by atoms with Crippen molar-refractivity contribution in [1.29, 1.82) is 0 Å². The Morgan fingerprint density at radius 1 is 0.697 bits per heavy atom. The van der Waals surface area contributed by atoms with Crippen LogP contribution in [0.5, 0.6) is 0 Å². The van der Waals surface area contributed by atoms with Crippen LogP contribution in [0, 0.1) is 0 Å². The first-order chi connectivity index (χ1) is 15.9. The van der Waals surface area contributed by atoms with Gasteiger partial charge >= 0.3 is 0 Å². The molecule has 0 fully saturated rings. The lowest BCUT2D eigenvalue weighted by Gasteiger charge is -2.29. The molecule has 0 saturated carbocycles. The summed E-state index contributed by atoms with van der Waals surface area (Å²) < 4.78 is 1.37. The molecule has 0 heterocycles. The van der Waals surface area contributed by atoms with Gasteiger partial charge in [0.2, 0.25) is 0 Å². The van der Waals surface area contributed by atoms with Crippen molar-refractivity contribution < 1.29 is 0 Å². The maximum atomic E-state index is 2.35. The number of hydrogen-bond donors (Lipinski definition) is 0. The Morgan fingerprint density at radius 3 is 1.79 bits per heavy atom. The van der Waals surface area contributed by atoms with Crippen LogP contribution in [0.15, 0.2) is 95.0 Å². The summed E-state index contributed by atoms with van der Waals surface area (Å²) in [6.45, 7) is 2.22. The Bertz CT molecular complexity index is 1090. The Kier molecular flexibility index (Phi) is 9.16. The molecule has 0 atom stereocenters. The van der Waals surface area contributed by atoms with Crippen molar-refractivity contribution in [2.24, 2.45) is 0 Å². The summed E-state index contributed by atoms with van der Waals surface area (Å²) in [6, 6.07) is 30.3. The molecule has 3 rings (SSSR count). The zero-order chi connectivity index (χ0) is 23.8. The molecule has 0 bridgehead atoms. The Hall–Kier alpha value is -2.56. The van der Waals surface area contributed by atoms with Gasteiger partial charge in [0.15, 0.2) is 0 Å². The summed E-state index contributed by atoms with van der Waals surface area (Å²) in [5.41, 5.74) is 7.68. The summed E-state index contributed by atoms with van der Waals surface area (Å²) in [7, 11) is 8.44. The molecule has 0 N–H and O–H groups in total. The number of rotatable bonds is 9. The highest BCUT2D eigenvalue weighted by Crippen LogP contribution is 2.37. The monoisotopic (exact) mass is 474 g/mol. The molecule has 0 aliphatic carbocycles. The summed E-state index contributed by atoms with van der Waals surface area (Å²) in [4.78, 5) is 4.39. The molecular formula is C29H34N2S2. The fraction of sp³-hybridized carbons (Fsp3) is 0.241. The first-order valence-corrected chi connectivity index (χ1v) is 13.3. The highest BCUT2D eigenvalue weighted by atomic mass is 32.2. The molecule has 0 aliphatic rings.